The normalized spacial score (nSPS) is 10.5. The Morgan fingerprint density at radius 1 is 1.54 bits per heavy atom. The highest BCUT2D eigenvalue weighted by molar-refractivity contribution is 6.30. The van der Waals surface area contributed by atoms with Crippen LogP contribution in [0.4, 0.5) is 13.2 Å². The van der Waals surface area contributed by atoms with Crippen LogP contribution in [0.15, 0.2) is 6.20 Å². The molecule has 1 aromatic rings. The summed E-state index contributed by atoms with van der Waals surface area (Å²) in [7, 11) is 0. The van der Waals surface area contributed by atoms with E-state index in [9.17, 15) is 18.0 Å². The monoisotopic (exact) mass is 209 g/mol. The second-order valence-corrected chi connectivity index (χ2v) is 2.54. The average Bonchev–Trinajstić information content (AvgIpc) is 2.09. The number of rotatable bonds is 2. The number of alkyl halides is 2. The molecule has 0 unspecified atom stereocenters. The fourth-order valence-corrected chi connectivity index (χ4v) is 0.930. The van der Waals surface area contributed by atoms with Gasteiger partial charge < -0.3 is 0 Å². The van der Waals surface area contributed by atoms with Gasteiger partial charge in [0.15, 0.2) is 12.1 Å². The molecule has 1 heterocycles. The molecule has 0 aliphatic carbocycles. The minimum absolute atomic E-state index is 0.0320. The maximum Gasteiger partial charge on any atom is 0.281 e. The van der Waals surface area contributed by atoms with Crippen molar-refractivity contribution in [3.63, 3.8) is 0 Å². The smallest absolute Gasteiger partial charge is 0.281 e. The molecular weight excluding hydrogens is 207 g/mol. The van der Waals surface area contributed by atoms with Gasteiger partial charge in [-0.15, -0.1) is 0 Å². The number of hydrogen-bond acceptors (Lipinski definition) is 2. The Balaban J connectivity index is 3.38. The average molecular weight is 210 g/mol. The van der Waals surface area contributed by atoms with Crippen LogP contribution in [0.1, 0.15) is 22.5 Å². The maximum absolute atomic E-state index is 12.9. The van der Waals surface area contributed by atoms with Crippen molar-refractivity contribution in [1.29, 1.82) is 0 Å². The van der Waals surface area contributed by atoms with Crippen molar-refractivity contribution < 1.29 is 18.0 Å². The summed E-state index contributed by atoms with van der Waals surface area (Å²) in [5.41, 5.74) is -1.68. The van der Waals surface area contributed by atoms with Gasteiger partial charge in [-0.1, -0.05) is 11.6 Å². The lowest BCUT2D eigenvalue weighted by Crippen LogP contribution is -2.01. The lowest BCUT2D eigenvalue weighted by atomic mass is 10.2. The molecule has 0 aliphatic heterocycles. The van der Waals surface area contributed by atoms with Crippen LogP contribution in [0, 0.1) is 5.82 Å². The summed E-state index contributed by atoms with van der Waals surface area (Å²) in [5, 5.41) is -0.452. The lowest BCUT2D eigenvalue weighted by molar-refractivity contribution is 0.109. The molecule has 0 aromatic carbocycles. The van der Waals surface area contributed by atoms with Crippen LogP contribution >= 0.6 is 11.6 Å². The maximum atomic E-state index is 12.9. The Kier molecular flexibility index (Phi) is 2.87. The SMILES string of the molecule is O=Cc1c(C(F)F)ncc(Cl)c1F. The zero-order valence-electron chi connectivity index (χ0n) is 6.10. The van der Waals surface area contributed by atoms with Gasteiger partial charge >= 0.3 is 0 Å². The van der Waals surface area contributed by atoms with Crippen LogP contribution in [0.3, 0.4) is 0 Å². The van der Waals surface area contributed by atoms with Crippen molar-refractivity contribution in [2.45, 2.75) is 6.43 Å². The molecule has 6 heteroatoms. The fourth-order valence-electron chi connectivity index (χ4n) is 0.780. The highest BCUT2D eigenvalue weighted by Crippen LogP contribution is 2.25. The van der Waals surface area contributed by atoms with Crippen molar-refractivity contribution in [3.8, 4) is 0 Å². The summed E-state index contributed by atoms with van der Waals surface area (Å²) < 4.78 is 37.1. The van der Waals surface area contributed by atoms with Crippen molar-refractivity contribution in [2.75, 3.05) is 0 Å². The lowest BCUT2D eigenvalue weighted by Gasteiger charge is -2.03. The van der Waals surface area contributed by atoms with Crippen LogP contribution in [0.2, 0.25) is 5.02 Å². The van der Waals surface area contributed by atoms with Gasteiger partial charge in [0.1, 0.15) is 5.69 Å². The Labute approximate surface area is 76.3 Å². The number of aldehydes is 1. The van der Waals surface area contributed by atoms with E-state index >= 15 is 0 Å². The second kappa shape index (κ2) is 3.74. The number of carbonyl (C=O) groups is 1. The first kappa shape index (κ1) is 9.98. The Morgan fingerprint density at radius 2 is 2.15 bits per heavy atom. The molecule has 0 saturated carbocycles. The van der Waals surface area contributed by atoms with E-state index < -0.39 is 28.5 Å². The van der Waals surface area contributed by atoms with Gasteiger partial charge in [-0.2, -0.15) is 0 Å². The first-order valence-electron chi connectivity index (χ1n) is 3.15. The van der Waals surface area contributed by atoms with Gasteiger partial charge in [0, 0.05) is 6.20 Å². The predicted molar refractivity (Wildman–Crippen MR) is 39.5 cm³/mol. The zero-order chi connectivity index (χ0) is 10.0. The van der Waals surface area contributed by atoms with Crippen molar-refractivity contribution >= 4 is 17.9 Å². The number of halogens is 4. The summed E-state index contributed by atoms with van der Waals surface area (Å²) in [4.78, 5) is 13.4. The van der Waals surface area contributed by atoms with Gasteiger partial charge in [0.05, 0.1) is 10.6 Å². The molecule has 1 rings (SSSR count). The highest BCUT2D eigenvalue weighted by Gasteiger charge is 2.19. The number of pyridine rings is 1. The van der Waals surface area contributed by atoms with E-state index in [2.05, 4.69) is 4.98 Å². The van der Waals surface area contributed by atoms with E-state index in [1.54, 1.807) is 0 Å². The third-order valence-corrected chi connectivity index (χ3v) is 1.63. The molecular formula is C7H3ClF3NO. The highest BCUT2D eigenvalue weighted by atomic mass is 35.5. The van der Waals surface area contributed by atoms with E-state index in [0.29, 0.717) is 0 Å². The number of nitrogens with zero attached hydrogens (tertiary/aromatic N) is 1. The summed E-state index contributed by atoms with van der Waals surface area (Å²) in [6.07, 6.45) is -2.28. The summed E-state index contributed by atoms with van der Waals surface area (Å²) in [5.74, 6) is -1.16. The Morgan fingerprint density at radius 3 is 2.62 bits per heavy atom. The zero-order valence-corrected chi connectivity index (χ0v) is 6.86. The van der Waals surface area contributed by atoms with E-state index in [-0.39, 0.29) is 6.29 Å². The standard InChI is InChI=1S/C7H3ClF3NO/c8-4-1-12-6(7(10)11)3(2-13)5(4)9/h1-2,7H. The van der Waals surface area contributed by atoms with Crippen molar-refractivity contribution in [3.05, 3.63) is 28.3 Å². The molecule has 0 radical (unpaired) electrons. The molecule has 70 valence electrons. The van der Waals surface area contributed by atoms with Crippen LogP contribution < -0.4 is 0 Å². The van der Waals surface area contributed by atoms with Gasteiger partial charge in [-0.3, -0.25) is 9.78 Å². The summed E-state index contributed by atoms with van der Waals surface area (Å²) >= 11 is 5.23. The molecule has 0 aliphatic rings. The predicted octanol–water partition coefficient (Wildman–Crippen LogP) is 2.62. The first-order valence-corrected chi connectivity index (χ1v) is 3.53. The second-order valence-electron chi connectivity index (χ2n) is 2.14. The van der Waals surface area contributed by atoms with E-state index in [1.807, 2.05) is 0 Å². The topological polar surface area (TPSA) is 30.0 Å². The van der Waals surface area contributed by atoms with Crippen molar-refractivity contribution in [1.82, 2.24) is 4.98 Å². The molecule has 13 heavy (non-hydrogen) atoms. The van der Waals surface area contributed by atoms with Gasteiger partial charge in [-0.25, -0.2) is 13.2 Å². The van der Waals surface area contributed by atoms with Crippen LogP contribution in [-0.4, -0.2) is 11.3 Å². The van der Waals surface area contributed by atoms with Gasteiger partial charge in [-0.05, 0) is 0 Å². The molecule has 0 N–H and O–H groups in total. The van der Waals surface area contributed by atoms with Crippen LogP contribution in [-0.2, 0) is 0 Å². The van der Waals surface area contributed by atoms with Gasteiger partial charge in [0.2, 0.25) is 0 Å². The van der Waals surface area contributed by atoms with Crippen LogP contribution in [0.5, 0.6) is 0 Å². The molecule has 0 spiro atoms. The number of aromatic nitrogens is 1. The van der Waals surface area contributed by atoms with E-state index in [1.165, 1.54) is 0 Å². The van der Waals surface area contributed by atoms with Crippen LogP contribution in [0.25, 0.3) is 0 Å². The quantitative estimate of drug-likeness (QED) is 0.701. The molecule has 0 atom stereocenters. The summed E-state index contributed by atoms with van der Waals surface area (Å²) in [6, 6.07) is 0. The number of hydrogen-bond donors (Lipinski definition) is 0. The minimum Gasteiger partial charge on any atom is -0.298 e. The minimum atomic E-state index is -2.99. The largest absolute Gasteiger partial charge is 0.298 e. The van der Waals surface area contributed by atoms with E-state index in [4.69, 9.17) is 11.6 Å². The molecule has 0 saturated heterocycles. The Hall–Kier alpha value is -1.10. The molecule has 0 bridgehead atoms. The fraction of sp³-hybridized carbons (Fsp3) is 0.143. The number of carbonyl (C=O) groups excluding carboxylic acids is 1. The first-order chi connectivity index (χ1) is 6.07. The molecule has 2 nitrogen and oxygen atoms in total. The third kappa shape index (κ3) is 1.80. The van der Waals surface area contributed by atoms with Crippen molar-refractivity contribution in [2.24, 2.45) is 0 Å². The van der Waals surface area contributed by atoms with Gasteiger partial charge in [0.25, 0.3) is 6.43 Å². The molecule has 0 amide bonds. The third-order valence-electron chi connectivity index (χ3n) is 1.36. The Bertz CT molecular complexity index is 343. The van der Waals surface area contributed by atoms with E-state index in [0.717, 1.165) is 6.20 Å². The molecule has 0 fully saturated rings. The summed E-state index contributed by atoms with van der Waals surface area (Å²) in [6.45, 7) is 0. The molecule has 1 aromatic heterocycles.